The van der Waals surface area contributed by atoms with Crippen molar-refractivity contribution < 1.29 is 9.90 Å². The summed E-state index contributed by atoms with van der Waals surface area (Å²) in [6, 6.07) is 7.27. The standard InChI is InChI=1S/C13H17NO2/c1-4-9-14(10(2)3)12-8-6-5-7-11(12)13(15)16/h4-8,10H,1,9H2,2-3H3,(H,15,16). The van der Waals surface area contributed by atoms with E-state index in [0.717, 1.165) is 5.69 Å². The number of hydrogen-bond acceptors (Lipinski definition) is 2. The van der Waals surface area contributed by atoms with E-state index in [4.69, 9.17) is 5.11 Å². The quantitative estimate of drug-likeness (QED) is 0.774. The van der Waals surface area contributed by atoms with Crippen LogP contribution in [0.5, 0.6) is 0 Å². The Labute approximate surface area is 96.0 Å². The Bertz CT molecular complexity index is 385. The summed E-state index contributed by atoms with van der Waals surface area (Å²) in [4.78, 5) is 13.1. The molecule has 3 nitrogen and oxygen atoms in total. The lowest BCUT2D eigenvalue weighted by Gasteiger charge is -2.28. The highest BCUT2D eigenvalue weighted by Gasteiger charge is 2.16. The molecule has 0 unspecified atom stereocenters. The number of nitrogens with zero attached hydrogens (tertiary/aromatic N) is 1. The molecule has 0 bridgehead atoms. The number of carbonyl (C=O) groups is 1. The molecule has 0 aliphatic carbocycles. The number of benzene rings is 1. The topological polar surface area (TPSA) is 40.5 Å². The van der Waals surface area contributed by atoms with Gasteiger partial charge in [0.05, 0.1) is 11.3 Å². The lowest BCUT2D eigenvalue weighted by atomic mass is 10.1. The van der Waals surface area contributed by atoms with Crippen LogP contribution in [0.1, 0.15) is 24.2 Å². The van der Waals surface area contributed by atoms with Crippen LogP contribution < -0.4 is 4.90 Å². The Balaban J connectivity index is 3.17. The SMILES string of the molecule is C=CCN(c1ccccc1C(=O)O)C(C)C. The van der Waals surface area contributed by atoms with E-state index in [9.17, 15) is 4.79 Å². The average molecular weight is 219 g/mol. The van der Waals surface area contributed by atoms with E-state index in [1.807, 2.05) is 30.9 Å². The lowest BCUT2D eigenvalue weighted by molar-refractivity contribution is 0.0697. The van der Waals surface area contributed by atoms with Crippen LogP contribution in [-0.4, -0.2) is 23.7 Å². The van der Waals surface area contributed by atoms with Gasteiger partial charge in [-0.15, -0.1) is 6.58 Å². The van der Waals surface area contributed by atoms with Crippen molar-refractivity contribution in [3.63, 3.8) is 0 Å². The van der Waals surface area contributed by atoms with Crippen LogP contribution >= 0.6 is 0 Å². The van der Waals surface area contributed by atoms with E-state index in [1.165, 1.54) is 0 Å². The van der Waals surface area contributed by atoms with E-state index < -0.39 is 5.97 Å². The summed E-state index contributed by atoms with van der Waals surface area (Å²) in [6.07, 6.45) is 1.78. The highest BCUT2D eigenvalue weighted by molar-refractivity contribution is 5.94. The summed E-state index contributed by atoms with van der Waals surface area (Å²) >= 11 is 0. The Morgan fingerprint density at radius 2 is 2.12 bits per heavy atom. The minimum absolute atomic E-state index is 0.235. The molecule has 0 heterocycles. The van der Waals surface area contributed by atoms with Crippen molar-refractivity contribution in [2.45, 2.75) is 19.9 Å². The van der Waals surface area contributed by atoms with Gasteiger partial charge in [0.1, 0.15) is 0 Å². The van der Waals surface area contributed by atoms with Crippen molar-refractivity contribution in [2.24, 2.45) is 0 Å². The molecule has 3 heteroatoms. The smallest absolute Gasteiger partial charge is 0.337 e. The van der Waals surface area contributed by atoms with Gasteiger partial charge in [-0.05, 0) is 26.0 Å². The van der Waals surface area contributed by atoms with Crippen molar-refractivity contribution in [2.75, 3.05) is 11.4 Å². The molecular formula is C13H17NO2. The molecule has 0 aromatic heterocycles. The fraction of sp³-hybridized carbons (Fsp3) is 0.308. The van der Waals surface area contributed by atoms with Crippen LogP contribution in [0.2, 0.25) is 0 Å². The van der Waals surface area contributed by atoms with Gasteiger partial charge < -0.3 is 10.0 Å². The first-order chi connectivity index (χ1) is 7.57. The maximum absolute atomic E-state index is 11.1. The first-order valence-electron chi connectivity index (χ1n) is 5.27. The summed E-state index contributed by atoms with van der Waals surface area (Å²) in [7, 11) is 0. The second kappa shape index (κ2) is 5.35. The van der Waals surface area contributed by atoms with Crippen molar-refractivity contribution in [3.05, 3.63) is 42.5 Å². The number of rotatable bonds is 5. The van der Waals surface area contributed by atoms with Gasteiger partial charge in [0.25, 0.3) is 0 Å². The van der Waals surface area contributed by atoms with Gasteiger partial charge in [-0.2, -0.15) is 0 Å². The maximum Gasteiger partial charge on any atom is 0.337 e. The third-order valence-corrected chi connectivity index (χ3v) is 2.39. The Morgan fingerprint density at radius 3 is 2.62 bits per heavy atom. The van der Waals surface area contributed by atoms with E-state index in [0.29, 0.717) is 12.1 Å². The first-order valence-corrected chi connectivity index (χ1v) is 5.27. The molecule has 1 N–H and O–H groups in total. The number of aromatic carboxylic acids is 1. The largest absolute Gasteiger partial charge is 0.478 e. The fourth-order valence-corrected chi connectivity index (χ4v) is 1.63. The molecule has 0 amide bonds. The first kappa shape index (κ1) is 12.3. The summed E-state index contributed by atoms with van der Waals surface area (Å²) in [6.45, 7) is 8.39. The average Bonchev–Trinajstić information content (AvgIpc) is 2.25. The van der Waals surface area contributed by atoms with Crippen LogP contribution in [0.3, 0.4) is 0 Å². The van der Waals surface area contributed by atoms with Gasteiger partial charge in [-0.3, -0.25) is 0 Å². The molecule has 1 aromatic rings. The molecule has 0 spiro atoms. The van der Waals surface area contributed by atoms with Gasteiger partial charge >= 0.3 is 5.97 Å². The molecule has 0 fully saturated rings. The normalized spacial score (nSPS) is 10.2. The Morgan fingerprint density at radius 1 is 1.50 bits per heavy atom. The monoisotopic (exact) mass is 219 g/mol. The molecule has 0 saturated carbocycles. The highest BCUT2D eigenvalue weighted by atomic mass is 16.4. The van der Waals surface area contributed by atoms with Crippen molar-refractivity contribution in [1.29, 1.82) is 0 Å². The zero-order valence-corrected chi connectivity index (χ0v) is 9.68. The molecule has 1 aromatic carbocycles. The number of carboxylic acid groups (broad SMARTS) is 1. The van der Waals surface area contributed by atoms with Crippen LogP contribution in [0.15, 0.2) is 36.9 Å². The van der Waals surface area contributed by atoms with Crippen LogP contribution in [0, 0.1) is 0 Å². The third kappa shape index (κ3) is 2.63. The van der Waals surface area contributed by atoms with Gasteiger partial charge in [0.15, 0.2) is 0 Å². The van der Waals surface area contributed by atoms with Crippen molar-refractivity contribution >= 4 is 11.7 Å². The minimum Gasteiger partial charge on any atom is -0.478 e. The van der Waals surface area contributed by atoms with E-state index in [-0.39, 0.29) is 6.04 Å². The molecule has 0 aliphatic rings. The zero-order chi connectivity index (χ0) is 12.1. The molecule has 16 heavy (non-hydrogen) atoms. The minimum atomic E-state index is -0.898. The molecule has 0 aliphatic heterocycles. The predicted molar refractivity (Wildman–Crippen MR) is 66.1 cm³/mol. The molecule has 0 radical (unpaired) electrons. The molecule has 1 rings (SSSR count). The van der Waals surface area contributed by atoms with Gasteiger partial charge in [0, 0.05) is 12.6 Å². The van der Waals surface area contributed by atoms with Gasteiger partial charge in [0.2, 0.25) is 0 Å². The van der Waals surface area contributed by atoms with Gasteiger partial charge in [-0.1, -0.05) is 18.2 Å². The van der Waals surface area contributed by atoms with E-state index >= 15 is 0 Å². The van der Waals surface area contributed by atoms with Gasteiger partial charge in [-0.25, -0.2) is 4.79 Å². The van der Waals surface area contributed by atoms with Crippen LogP contribution in [0.4, 0.5) is 5.69 Å². The van der Waals surface area contributed by atoms with Crippen LogP contribution in [0.25, 0.3) is 0 Å². The van der Waals surface area contributed by atoms with Crippen molar-refractivity contribution in [3.8, 4) is 0 Å². The second-order valence-corrected chi connectivity index (χ2v) is 3.86. The summed E-state index contributed by atoms with van der Waals surface area (Å²) < 4.78 is 0. The summed E-state index contributed by atoms with van der Waals surface area (Å²) in [5, 5.41) is 9.11. The fourth-order valence-electron chi connectivity index (χ4n) is 1.63. The maximum atomic E-state index is 11.1. The molecular weight excluding hydrogens is 202 g/mol. The van der Waals surface area contributed by atoms with Crippen molar-refractivity contribution in [1.82, 2.24) is 0 Å². The lowest BCUT2D eigenvalue weighted by Crippen LogP contribution is -2.32. The third-order valence-electron chi connectivity index (χ3n) is 2.39. The molecule has 0 atom stereocenters. The number of carboxylic acids is 1. The van der Waals surface area contributed by atoms with Crippen LogP contribution in [-0.2, 0) is 0 Å². The van der Waals surface area contributed by atoms with E-state index in [1.54, 1.807) is 18.2 Å². The number of para-hydroxylation sites is 1. The molecule has 0 saturated heterocycles. The number of anilines is 1. The summed E-state index contributed by atoms with van der Waals surface area (Å²) in [5.41, 5.74) is 1.07. The second-order valence-electron chi connectivity index (χ2n) is 3.86. The Hall–Kier alpha value is -1.77. The summed E-state index contributed by atoms with van der Waals surface area (Å²) in [5.74, 6) is -0.898. The number of hydrogen-bond donors (Lipinski definition) is 1. The highest BCUT2D eigenvalue weighted by Crippen LogP contribution is 2.22. The zero-order valence-electron chi connectivity index (χ0n) is 9.68. The predicted octanol–water partition coefficient (Wildman–Crippen LogP) is 2.79. The molecule has 86 valence electrons. The van der Waals surface area contributed by atoms with E-state index in [2.05, 4.69) is 6.58 Å². The Kier molecular flexibility index (Phi) is 4.11.